The molecule has 2 aromatic carbocycles. The molecule has 0 bridgehead atoms. The Hall–Kier alpha value is -4.34. The fraction of sp³-hybridized carbons (Fsp3) is 0.321. The second-order valence-electron chi connectivity index (χ2n) is 10.0. The summed E-state index contributed by atoms with van der Waals surface area (Å²) >= 11 is 0. The molecule has 0 saturated carbocycles. The summed E-state index contributed by atoms with van der Waals surface area (Å²) in [5, 5.41) is 1.08. The number of nitrogens with zero attached hydrogens (tertiary/aromatic N) is 3. The van der Waals surface area contributed by atoms with E-state index in [0.29, 0.717) is 18.7 Å². The van der Waals surface area contributed by atoms with Crippen molar-refractivity contribution < 1.29 is 28.2 Å². The van der Waals surface area contributed by atoms with Gasteiger partial charge in [0.15, 0.2) is 11.4 Å². The van der Waals surface area contributed by atoms with Gasteiger partial charge in [-0.05, 0) is 44.0 Å². The van der Waals surface area contributed by atoms with Gasteiger partial charge in [-0.25, -0.2) is 19.6 Å². The first-order valence-electron chi connectivity index (χ1n) is 12.2. The second kappa shape index (κ2) is 11.0. The molecule has 0 radical (unpaired) electrons. The Kier molecular flexibility index (Phi) is 7.70. The number of aromatic nitrogens is 1. The highest BCUT2D eigenvalue weighted by Gasteiger charge is 2.34. The molecule has 3 aromatic rings. The summed E-state index contributed by atoms with van der Waals surface area (Å²) in [5.41, 5.74) is 3.50. The lowest BCUT2D eigenvalue weighted by atomic mass is 10.2. The van der Waals surface area contributed by atoms with E-state index in [1.165, 1.54) is 24.3 Å². The number of amides is 3. The molecule has 0 atom stereocenters. The van der Waals surface area contributed by atoms with E-state index in [0.717, 1.165) is 10.6 Å². The summed E-state index contributed by atoms with van der Waals surface area (Å²) in [4.78, 5) is 41.2. The largest absolute Gasteiger partial charge is 0.486 e. The Morgan fingerprint density at radius 2 is 1.71 bits per heavy atom. The van der Waals surface area contributed by atoms with Crippen LogP contribution >= 0.6 is 0 Å². The number of ether oxygens (including phenoxy) is 2. The lowest BCUT2D eigenvalue weighted by Gasteiger charge is -2.26. The Morgan fingerprint density at radius 3 is 2.37 bits per heavy atom. The molecule has 38 heavy (non-hydrogen) atoms. The highest BCUT2D eigenvalue weighted by atomic mass is 19.1. The predicted molar refractivity (Wildman–Crippen MR) is 138 cm³/mol. The molecule has 4 rings (SSSR count). The Morgan fingerprint density at radius 1 is 1.03 bits per heavy atom. The third-order valence-corrected chi connectivity index (χ3v) is 5.84. The lowest BCUT2D eigenvalue weighted by Crippen LogP contribution is -2.47. The Labute approximate surface area is 220 Å². The van der Waals surface area contributed by atoms with Crippen LogP contribution in [0.15, 0.2) is 60.8 Å². The minimum Gasteiger partial charge on any atom is -0.486 e. The van der Waals surface area contributed by atoms with E-state index in [1.54, 1.807) is 43.5 Å². The normalized spacial score (nSPS) is 13.1. The molecule has 0 unspecified atom stereocenters. The van der Waals surface area contributed by atoms with Gasteiger partial charge in [-0.2, -0.15) is 0 Å². The van der Waals surface area contributed by atoms with Crippen LogP contribution in [0.4, 0.5) is 9.18 Å². The summed E-state index contributed by atoms with van der Waals surface area (Å²) in [6.07, 6.45) is 0.733. The van der Waals surface area contributed by atoms with Crippen LogP contribution in [0.3, 0.4) is 0 Å². The van der Waals surface area contributed by atoms with Gasteiger partial charge in [0.1, 0.15) is 23.6 Å². The van der Waals surface area contributed by atoms with Gasteiger partial charge in [-0.1, -0.05) is 42.5 Å². The zero-order valence-corrected chi connectivity index (χ0v) is 21.9. The highest BCUT2D eigenvalue weighted by Crippen LogP contribution is 2.32. The van der Waals surface area contributed by atoms with Crippen molar-refractivity contribution in [2.24, 2.45) is 0 Å². The summed E-state index contributed by atoms with van der Waals surface area (Å²) in [6, 6.07) is 14.9. The number of nitrogens with one attached hydrogen (secondary N) is 1. The first kappa shape index (κ1) is 26.7. The average Bonchev–Trinajstić information content (AvgIpc) is 3.24. The molecule has 1 aliphatic rings. The fourth-order valence-corrected chi connectivity index (χ4v) is 3.99. The SMILES string of the molecule is CN1CCn2cc(C(=O)N(Cc3ccc(F)cc3)NC(=O)OC(C)(C)C)c(OCc3ccccc3)c2C1=O. The predicted octanol–water partition coefficient (Wildman–Crippen LogP) is 4.37. The molecular formula is C28H31FN4O5. The number of fused-ring (bicyclic) bond motifs is 1. The van der Waals surface area contributed by atoms with Gasteiger partial charge >= 0.3 is 6.09 Å². The maximum atomic E-state index is 13.9. The van der Waals surface area contributed by atoms with E-state index in [9.17, 15) is 18.8 Å². The van der Waals surface area contributed by atoms with Crippen molar-refractivity contribution in [3.63, 3.8) is 0 Å². The van der Waals surface area contributed by atoms with Crippen molar-refractivity contribution >= 4 is 17.9 Å². The van der Waals surface area contributed by atoms with E-state index in [-0.39, 0.29) is 36.1 Å². The molecule has 1 N–H and O–H groups in total. The number of hydrazine groups is 1. The van der Waals surface area contributed by atoms with E-state index >= 15 is 0 Å². The van der Waals surface area contributed by atoms with Crippen molar-refractivity contribution in [2.75, 3.05) is 13.6 Å². The third-order valence-electron chi connectivity index (χ3n) is 5.84. The molecule has 0 saturated heterocycles. The van der Waals surface area contributed by atoms with Gasteiger partial charge in [-0.3, -0.25) is 9.59 Å². The lowest BCUT2D eigenvalue weighted by molar-refractivity contribution is 0.0279. The van der Waals surface area contributed by atoms with Crippen molar-refractivity contribution in [3.05, 3.63) is 89.0 Å². The van der Waals surface area contributed by atoms with Crippen LogP contribution in [-0.4, -0.2) is 51.6 Å². The minimum absolute atomic E-state index is 0.0785. The van der Waals surface area contributed by atoms with Crippen LogP contribution in [-0.2, 0) is 24.4 Å². The maximum Gasteiger partial charge on any atom is 0.426 e. The standard InChI is InChI=1S/C28H31FN4O5/c1-28(2,3)38-27(36)30-33(16-19-10-12-21(29)13-11-19)25(34)22-17-32-15-14-31(4)26(35)23(32)24(22)37-18-20-8-6-5-7-9-20/h5-13,17H,14-16,18H2,1-4H3,(H,30,36). The number of halogens is 1. The molecule has 3 amide bonds. The molecule has 200 valence electrons. The van der Waals surface area contributed by atoms with Crippen molar-refractivity contribution in [1.82, 2.24) is 19.9 Å². The van der Waals surface area contributed by atoms with Crippen molar-refractivity contribution in [2.45, 2.75) is 46.1 Å². The number of carbonyl (C=O) groups excluding carboxylic acids is 3. The van der Waals surface area contributed by atoms with Crippen molar-refractivity contribution in [3.8, 4) is 5.75 Å². The molecule has 0 fully saturated rings. The fourth-order valence-electron chi connectivity index (χ4n) is 3.99. The summed E-state index contributed by atoms with van der Waals surface area (Å²) in [6.45, 7) is 6.12. The van der Waals surface area contributed by atoms with E-state index in [2.05, 4.69) is 5.43 Å². The Balaban J connectivity index is 1.70. The van der Waals surface area contributed by atoms with E-state index in [4.69, 9.17) is 9.47 Å². The molecule has 2 heterocycles. The van der Waals surface area contributed by atoms with Crippen molar-refractivity contribution in [1.29, 1.82) is 0 Å². The minimum atomic E-state index is -0.834. The van der Waals surface area contributed by atoms with Gasteiger partial charge < -0.3 is 18.9 Å². The monoisotopic (exact) mass is 522 g/mol. The number of benzene rings is 2. The number of hydrogen-bond donors (Lipinski definition) is 1. The van der Waals surface area contributed by atoms with Crippen LogP contribution in [0.2, 0.25) is 0 Å². The summed E-state index contributed by atoms with van der Waals surface area (Å²) < 4.78 is 26.6. The topological polar surface area (TPSA) is 93.1 Å². The quantitative estimate of drug-likeness (QED) is 0.485. The van der Waals surface area contributed by atoms with Gasteiger partial charge in [0.2, 0.25) is 0 Å². The van der Waals surface area contributed by atoms with Gasteiger partial charge in [0.25, 0.3) is 11.8 Å². The molecular weight excluding hydrogens is 491 g/mol. The van der Waals surface area contributed by atoms with Crippen LogP contribution in [0, 0.1) is 5.82 Å². The smallest absolute Gasteiger partial charge is 0.426 e. The molecule has 0 spiro atoms. The van der Waals surface area contributed by atoms with E-state index < -0.39 is 23.4 Å². The number of hydrogen-bond acceptors (Lipinski definition) is 5. The molecule has 9 nitrogen and oxygen atoms in total. The van der Waals surface area contributed by atoms with Gasteiger partial charge in [0, 0.05) is 26.3 Å². The Bertz CT molecular complexity index is 1320. The van der Waals surface area contributed by atoms with Crippen LogP contribution in [0.5, 0.6) is 5.75 Å². The molecule has 0 aliphatic carbocycles. The van der Waals surface area contributed by atoms with Crippen LogP contribution in [0.1, 0.15) is 52.7 Å². The van der Waals surface area contributed by atoms with Crippen LogP contribution in [0.25, 0.3) is 0 Å². The van der Waals surface area contributed by atoms with E-state index in [1.807, 2.05) is 30.3 Å². The molecule has 1 aromatic heterocycles. The summed E-state index contributed by atoms with van der Waals surface area (Å²) in [7, 11) is 1.69. The zero-order chi connectivity index (χ0) is 27.4. The first-order valence-corrected chi connectivity index (χ1v) is 12.2. The van der Waals surface area contributed by atoms with Gasteiger partial charge in [-0.15, -0.1) is 0 Å². The molecule has 1 aliphatic heterocycles. The maximum absolute atomic E-state index is 13.9. The summed E-state index contributed by atoms with van der Waals surface area (Å²) in [5.74, 6) is -1.18. The molecule has 10 heteroatoms. The van der Waals surface area contributed by atoms with Gasteiger partial charge in [0.05, 0.1) is 6.54 Å². The zero-order valence-electron chi connectivity index (χ0n) is 21.9. The first-order chi connectivity index (χ1) is 18.0. The van der Waals surface area contributed by atoms with Crippen LogP contribution < -0.4 is 10.2 Å². The third kappa shape index (κ3) is 6.31. The average molecular weight is 523 g/mol. The number of likely N-dealkylation sites (N-methyl/N-ethyl adjacent to an activating group) is 1. The number of rotatable bonds is 6. The number of carbonyl (C=O) groups is 3. The highest BCUT2D eigenvalue weighted by molar-refractivity contribution is 6.04. The second-order valence-corrected chi connectivity index (χ2v) is 10.0.